The Morgan fingerprint density at radius 2 is 1.90 bits per heavy atom. The van der Waals surface area contributed by atoms with Crippen molar-refractivity contribution in [1.82, 2.24) is 5.32 Å². The predicted octanol–water partition coefficient (Wildman–Crippen LogP) is 3.79. The largest absolute Gasteiger partial charge is 0.398 e. The Labute approximate surface area is 129 Å². The van der Waals surface area contributed by atoms with Crippen LogP contribution < -0.4 is 11.1 Å². The Kier molecular flexibility index (Phi) is 4.91. The number of anilines is 1. The van der Waals surface area contributed by atoms with E-state index >= 15 is 0 Å². The quantitative estimate of drug-likeness (QED) is 0.845. The van der Waals surface area contributed by atoms with Gasteiger partial charge >= 0.3 is 0 Å². The third-order valence-electron chi connectivity index (χ3n) is 3.17. The Morgan fingerprint density at radius 1 is 1.14 bits per heavy atom. The SMILES string of the molecule is CCNC(=O)c1ccc(Sc2cc(C)ccc2C)c(N)c1. The summed E-state index contributed by atoms with van der Waals surface area (Å²) < 4.78 is 0. The molecule has 2 aromatic carbocycles. The minimum absolute atomic E-state index is 0.0903. The van der Waals surface area contributed by atoms with E-state index in [1.807, 2.05) is 19.1 Å². The molecule has 21 heavy (non-hydrogen) atoms. The number of nitrogens with one attached hydrogen (secondary N) is 1. The molecule has 110 valence electrons. The summed E-state index contributed by atoms with van der Waals surface area (Å²) in [5, 5.41) is 2.77. The Hall–Kier alpha value is -1.94. The molecule has 2 aromatic rings. The minimum Gasteiger partial charge on any atom is -0.398 e. The molecule has 0 heterocycles. The second-order valence-corrected chi connectivity index (χ2v) is 6.07. The molecule has 0 aliphatic heterocycles. The number of hydrogen-bond donors (Lipinski definition) is 2. The summed E-state index contributed by atoms with van der Waals surface area (Å²) in [6.45, 7) is 6.66. The van der Waals surface area contributed by atoms with Crippen LogP contribution in [0, 0.1) is 13.8 Å². The van der Waals surface area contributed by atoms with Crippen LogP contribution in [0.15, 0.2) is 46.2 Å². The fourth-order valence-electron chi connectivity index (χ4n) is 1.98. The highest BCUT2D eigenvalue weighted by atomic mass is 32.2. The van der Waals surface area contributed by atoms with E-state index in [9.17, 15) is 4.79 Å². The molecule has 0 fully saturated rings. The molecule has 0 radical (unpaired) electrons. The van der Waals surface area contributed by atoms with Gasteiger partial charge in [-0.3, -0.25) is 4.79 Å². The first-order chi connectivity index (χ1) is 10.0. The van der Waals surface area contributed by atoms with E-state index < -0.39 is 0 Å². The van der Waals surface area contributed by atoms with E-state index in [0.29, 0.717) is 17.8 Å². The average molecular weight is 300 g/mol. The predicted molar refractivity (Wildman–Crippen MR) is 88.9 cm³/mol. The number of carbonyl (C=O) groups is 1. The van der Waals surface area contributed by atoms with E-state index in [-0.39, 0.29) is 5.91 Å². The van der Waals surface area contributed by atoms with E-state index in [1.54, 1.807) is 17.8 Å². The second-order valence-electron chi connectivity index (χ2n) is 4.98. The highest BCUT2D eigenvalue weighted by molar-refractivity contribution is 7.99. The topological polar surface area (TPSA) is 55.1 Å². The molecule has 4 heteroatoms. The first-order valence-electron chi connectivity index (χ1n) is 6.94. The maximum Gasteiger partial charge on any atom is 0.251 e. The zero-order valence-electron chi connectivity index (χ0n) is 12.6. The molecule has 0 aromatic heterocycles. The van der Waals surface area contributed by atoms with Gasteiger partial charge in [0.05, 0.1) is 0 Å². The molecule has 0 aliphatic carbocycles. The molecule has 3 nitrogen and oxygen atoms in total. The fourth-order valence-corrected chi connectivity index (χ4v) is 3.00. The lowest BCUT2D eigenvalue weighted by Gasteiger charge is -2.10. The maximum atomic E-state index is 11.8. The van der Waals surface area contributed by atoms with Gasteiger partial charge in [0, 0.05) is 27.6 Å². The number of carbonyl (C=O) groups excluding carboxylic acids is 1. The number of amides is 1. The van der Waals surface area contributed by atoms with Gasteiger partial charge < -0.3 is 11.1 Å². The van der Waals surface area contributed by atoms with Crippen LogP contribution in [0.1, 0.15) is 28.4 Å². The van der Waals surface area contributed by atoms with Crippen molar-refractivity contribution in [2.75, 3.05) is 12.3 Å². The van der Waals surface area contributed by atoms with Crippen LogP contribution in [0.25, 0.3) is 0 Å². The summed E-state index contributed by atoms with van der Waals surface area (Å²) in [7, 11) is 0. The minimum atomic E-state index is -0.0903. The summed E-state index contributed by atoms with van der Waals surface area (Å²) in [5.74, 6) is -0.0903. The third-order valence-corrected chi connectivity index (χ3v) is 4.42. The molecule has 0 atom stereocenters. The second kappa shape index (κ2) is 6.68. The van der Waals surface area contributed by atoms with E-state index in [4.69, 9.17) is 5.73 Å². The zero-order chi connectivity index (χ0) is 15.4. The summed E-state index contributed by atoms with van der Waals surface area (Å²) in [5.41, 5.74) is 9.76. The molecular formula is C17H20N2OS. The van der Waals surface area contributed by atoms with Gasteiger partial charge in [-0.2, -0.15) is 0 Å². The number of benzene rings is 2. The van der Waals surface area contributed by atoms with Crippen molar-refractivity contribution >= 4 is 23.4 Å². The van der Waals surface area contributed by atoms with Gasteiger partial charge in [-0.1, -0.05) is 23.9 Å². The van der Waals surface area contributed by atoms with Crippen molar-refractivity contribution in [2.24, 2.45) is 0 Å². The molecule has 0 saturated heterocycles. The van der Waals surface area contributed by atoms with Crippen molar-refractivity contribution in [3.05, 3.63) is 53.1 Å². The smallest absolute Gasteiger partial charge is 0.251 e. The van der Waals surface area contributed by atoms with Gasteiger partial charge in [-0.25, -0.2) is 0 Å². The van der Waals surface area contributed by atoms with E-state index in [0.717, 1.165) is 4.90 Å². The zero-order valence-corrected chi connectivity index (χ0v) is 13.4. The fraction of sp³-hybridized carbons (Fsp3) is 0.235. The lowest BCUT2D eigenvalue weighted by Crippen LogP contribution is -2.22. The molecule has 3 N–H and O–H groups in total. The molecule has 0 unspecified atom stereocenters. The molecule has 1 amide bonds. The lowest BCUT2D eigenvalue weighted by molar-refractivity contribution is 0.0956. The van der Waals surface area contributed by atoms with Crippen molar-refractivity contribution in [3.63, 3.8) is 0 Å². The Balaban J connectivity index is 2.25. The van der Waals surface area contributed by atoms with Crippen molar-refractivity contribution in [3.8, 4) is 0 Å². The molecule has 2 rings (SSSR count). The van der Waals surface area contributed by atoms with Crippen molar-refractivity contribution < 1.29 is 4.79 Å². The standard InChI is InChI=1S/C17H20N2OS/c1-4-19-17(20)13-7-8-15(14(18)10-13)21-16-9-11(2)5-6-12(16)3/h5-10H,4,18H2,1-3H3,(H,19,20). The van der Waals surface area contributed by atoms with Crippen LogP contribution in [0.5, 0.6) is 0 Å². The van der Waals surface area contributed by atoms with Crippen LogP contribution in [0.3, 0.4) is 0 Å². The van der Waals surface area contributed by atoms with Gasteiger partial charge in [0.15, 0.2) is 0 Å². The van der Waals surface area contributed by atoms with Crippen LogP contribution in [0.2, 0.25) is 0 Å². The van der Waals surface area contributed by atoms with Gasteiger partial charge in [0.1, 0.15) is 0 Å². The Morgan fingerprint density at radius 3 is 2.57 bits per heavy atom. The molecule has 0 aliphatic rings. The first kappa shape index (κ1) is 15.4. The number of aryl methyl sites for hydroxylation is 2. The molecule has 0 bridgehead atoms. The first-order valence-corrected chi connectivity index (χ1v) is 7.75. The van der Waals surface area contributed by atoms with Gasteiger partial charge in [-0.15, -0.1) is 0 Å². The van der Waals surface area contributed by atoms with Gasteiger partial charge in [0.2, 0.25) is 0 Å². The Bertz CT molecular complexity index is 668. The number of nitrogen functional groups attached to an aromatic ring is 1. The summed E-state index contributed by atoms with van der Waals surface area (Å²) >= 11 is 1.63. The van der Waals surface area contributed by atoms with Crippen LogP contribution >= 0.6 is 11.8 Å². The van der Waals surface area contributed by atoms with Crippen molar-refractivity contribution in [2.45, 2.75) is 30.6 Å². The highest BCUT2D eigenvalue weighted by Crippen LogP contribution is 2.34. The van der Waals surface area contributed by atoms with Crippen LogP contribution in [-0.2, 0) is 0 Å². The number of nitrogens with two attached hydrogens (primary N) is 1. The number of rotatable bonds is 4. The third kappa shape index (κ3) is 3.79. The molecule has 0 saturated carbocycles. The molecule has 0 spiro atoms. The van der Waals surface area contributed by atoms with Gasteiger partial charge in [0.25, 0.3) is 5.91 Å². The van der Waals surface area contributed by atoms with Gasteiger partial charge in [-0.05, 0) is 56.2 Å². The number of hydrogen-bond acceptors (Lipinski definition) is 3. The van der Waals surface area contributed by atoms with Crippen LogP contribution in [-0.4, -0.2) is 12.5 Å². The highest BCUT2D eigenvalue weighted by Gasteiger charge is 2.09. The lowest BCUT2D eigenvalue weighted by atomic mass is 10.2. The van der Waals surface area contributed by atoms with E-state index in [1.165, 1.54) is 16.0 Å². The van der Waals surface area contributed by atoms with E-state index in [2.05, 4.69) is 37.4 Å². The molecular weight excluding hydrogens is 280 g/mol. The van der Waals surface area contributed by atoms with Crippen molar-refractivity contribution in [1.29, 1.82) is 0 Å². The summed E-state index contributed by atoms with van der Waals surface area (Å²) in [4.78, 5) is 13.9. The maximum absolute atomic E-state index is 11.8. The monoisotopic (exact) mass is 300 g/mol. The summed E-state index contributed by atoms with van der Waals surface area (Å²) in [6, 6.07) is 11.8. The normalized spacial score (nSPS) is 10.4. The van der Waals surface area contributed by atoms with Crippen LogP contribution in [0.4, 0.5) is 5.69 Å². The summed E-state index contributed by atoms with van der Waals surface area (Å²) in [6.07, 6.45) is 0. The average Bonchev–Trinajstić information content (AvgIpc) is 2.45.